The molecule has 1 saturated heterocycles. The summed E-state index contributed by atoms with van der Waals surface area (Å²) in [5.41, 5.74) is 0. The van der Waals surface area contributed by atoms with Crippen molar-refractivity contribution in [3.05, 3.63) is 0 Å². The lowest BCUT2D eigenvalue weighted by Gasteiger charge is -2.76. The molecule has 0 aromatic carbocycles. The zero-order valence-electron chi connectivity index (χ0n) is 12.3. The van der Waals surface area contributed by atoms with Crippen molar-refractivity contribution in [2.45, 2.75) is 0 Å². The second kappa shape index (κ2) is 9.23. The van der Waals surface area contributed by atoms with Crippen molar-refractivity contribution in [2.75, 3.05) is 58.4 Å². The quantitative estimate of drug-likeness (QED) is 0.246. The lowest BCUT2D eigenvalue weighted by Crippen LogP contribution is -2.50. The van der Waals surface area contributed by atoms with E-state index in [9.17, 15) is 9.13 Å². The molecule has 0 aromatic rings. The molecule has 23 heavy (non-hydrogen) atoms. The van der Waals surface area contributed by atoms with Gasteiger partial charge in [0, 0.05) is 32.7 Å². The molecule has 0 bridgehead atoms. The van der Waals surface area contributed by atoms with Gasteiger partial charge >= 0.3 is 16.5 Å². The monoisotopic (exact) mass is 486 g/mol. The highest BCUT2D eigenvalue weighted by Crippen LogP contribution is 2.97. The first kappa shape index (κ1) is 23.0. The molecule has 138 valence electrons. The van der Waals surface area contributed by atoms with E-state index in [0.717, 1.165) is 0 Å². The largest absolute Gasteiger partial charge is 0.748 e. The van der Waals surface area contributed by atoms with Crippen molar-refractivity contribution in [3.63, 3.8) is 0 Å². The van der Waals surface area contributed by atoms with Crippen molar-refractivity contribution in [2.24, 2.45) is 0 Å². The predicted molar refractivity (Wildman–Crippen MR) is 106 cm³/mol. The number of hydrogen-bond donors (Lipinski definition) is 0. The van der Waals surface area contributed by atoms with Gasteiger partial charge in [-0.15, -0.1) is 55.5 Å². The van der Waals surface area contributed by atoms with E-state index >= 15 is 0 Å². The summed E-state index contributed by atoms with van der Waals surface area (Å²) in [7, 11) is -6.85. The van der Waals surface area contributed by atoms with Crippen LogP contribution in [0.5, 0.6) is 0 Å². The van der Waals surface area contributed by atoms with Crippen LogP contribution in [0.3, 0.4) is 0 Å². The van der Waals surface area contributed by atoms with E-state index in [0.29, 0.717) is 46.5 Å². The summed E-state index contributed by atoms with van der Waals surface area (Å²) in [5.74, 6) is 3.97. The summed E-state index contributed by atoms with van der Waals surface area (Å²) in [4.78, 5) is 0. The number of rotatable bonds is 8. The van der Waals surface area contributed by atoms with Crippen LogP contribution in [0, 0.1) is 0 Å². The molecule has 0 radical (unpaired) electrons. The smallest absolute Gasteiger partial charge is 0.207 e. The highest BCUT2D eigenvalue weighted by Gasteiger charge is 2.63. The zero-order valence-corrected chi connectivity index (χ0v) is 18.8. The van der Waals surface area contributed by atoms with E-state index in [1.54, 1.807) is 0 Å². The van der Waals surface area contributed by atoms with Crippen LogP contribution in [-0.2, 0) is 22.5 Å². The molecule has 1 aliphatic rings. The molecule has 2 atom stereocenters. The summed E-state index contributed by atoms with van der Waals surface area (Å²) in [6.45, 7) is 0. The maximum Gasteiger partial charge on any atom is 0.748 e. The van der Waals surface area contributed by atoms with Gasteiger partial charge in [0.1, 0.15) is 5.94 Å². The van der Waals surface area contributed by atoms with Crippen molar-refractivity contribution in [3.8, 4) is 0 Å². The molecule has 1 heterocycles. The summed E-state index contributed by atoms with van der Waals surface area (Å²) >= 11 is 24.6. The molecule has 0 saturated carbocycles. The summed E-state index contributed by atoms with van der Waals surface area (Å²) in [6, 6.07) is 0. The molecular formula is C10H20Cl4O5P2S2+2. The van der Waals surface area contributed by atoms with Crippen LogP contribution in [-0.4, -0.2) is 58.4 Å². The van der Waals surface area contributed by atoms with E-state index in [1.807, 2.05) is 0 Å². The van der Waals surface area contributed by atoms with Crippen molar-refractivity contribution in [1.29, 1.82) is 0 Å². The van der Waals surface area contributed by atoms with Crippen molar-refractivity contribution in [1.82, 2.24) is 0 Å². The molecule has 0 spiro atoms. The predicted octanol–water partition coefficient (Wildman–Crippen LogP) is 5.76. The Balaban J connectivity index is 3.48. The van der Waals surface area contributed by atoms with Crippen molar-refractivity contribution < 1.29 is 22.5 Å². The first-order chi connectivity index (χ1) is 10.8. The second-order valence-electron chi connectivity index (χ2n) is 5.34. The molecule has 0 N–H and O–H groups in total. The Morgan fingerprint density at radius 3 is 1.70 bits per heavy atom. The minimum atomic E-state index is -3.27. The van der Waals surface area contributed by atoms with Gasteiger partial charge in [-0.05, 0) is 23.0 Å². The van der Waals surface area contributed by atoms with Gasteiger partial charge in [0.05, 0.1) is 0 Å². The van der Waals surface area contributed by atoms with Gasteiger partial charge in [0.2, 0.25) is 0 Å². The third kappa shape index (κ3) is 5.23. The average Bonchev–Trinajstić information content (AvgIpc) is 2.51. The minimum Gasteiger partial charge on any atom is -0.207 e. The third-order valence-corrected chi connectivity index (χ3v) is 21.1. The van der Waals surface area contributed by atoms with E-state index in [-0.39, 0.29) is 11.9 Å². The standard InChI is InChI=1S/C10H20Cl4O5P2S2/c11-1-5-23(6-2-12,7-3-13,8-4-14)10-18-21(16)19-20(15)17-9-22-23/h1-10H2/q+2. The second-order valence-corrected chi connectivity index (χ2v) is 20.8. The molecule has 2 unspecified atom stereocenters. The molecule has 0 amide bonds. The van der Waals surface area contributed by atoms with Crippen LogP contribution < -0.4 is 0 Å². The SMILES string of the molecule is O=[P+]1OCSS(CCCl)(CCCl)(CCCl)(CCCl)CO[P+](=O)O1. The molecule has 1 aliphatic heterocycles. The van der Waals surface area contributed by atoms with E-state index in [4.69, 9.17) is 59.8 Å². The Morgan fingerprint density at radius 2 is 1.26 bits per heavy atom. The lowest BCUT2D eigenvalue weighted by molar-refractivity contribution is 0.298. The Kier molecular flexibility index (Phi) is 9.22. The highest BCUT2D eigenvalue weighted by molar-refractivity contribution is 9.13. The Hall–Kier alpha value is 1.94. The molecule has 13 heteroatoms. The minimum absolute atomic E-state index is 0.0881. The van der Waals surface area contributed by atoms with Gasteiger partial charge in [-0.25, -0.2) is 7.33 Å². The van der Waals surface area contributed by atoms with E-state index < -0.39 is 23.8 Å². The summed E-state index contributed by atoms with van der Waals surface area (Å²) in [6.07, 6.45) is 0. The van der Waals surface area contributed by atoms with Crippen molar-refractivity contribution >= 4 is 81.0 Å². The van der Waals surface area contributed by atoms with Gasteiger partial charge < -0.3 is 0 Å². The Bertz CT molecular complexity index is 431. The number of halogens is 4. The molecule has 5 nitrogen and oxygen atoms in total. The Morgan fingerprint density at radius 1 is 0.826 bits per heavy atom. The average molecular weight is 488 g/mol. The fraction of sp³-hybridized carbons (Fsp3) is 1.00. The maximum absolute atomic E-state index is 11.9. The fourth-order valence-electron chi connectivity index (χ4n) is 2.67. The van der Waals surface area contributed by atoms with Gasteiger partial charge in [0.25, 0.3) is 0 Å². The Labute approximate surface area is 161 Å². The van der Waals surface area contributed by atoms with E-state index in [2.05, 4.69) is 0 Å². The van der Waals surface area contributed by atoms with Gasteiger partial charge in [-0.1, -0.05) is 10.8 Å². The molecule has 0 aliphatic carbocycles. The van der Waals surface area contributed by atoms with Crippen LogP contribution in [0.25, 0.3) is 0 Å². The maximum atomic E-state index is 11.9. The van der Waals surface area contributed by atoms with Gasteiger partial charge in [-0.2, -0.15) is 0 Å². The van der Waals surface area contributed by atoms with Crippen LogP contribution in [0.4, 0.5) is 0 Å². The van der Waals surface area contributed by atoms with Gasteiger partial charge in [0.15, 0.2) is 10.2 Å². The third-order valence-electron chi connectivity index (χ3n) is 4.25. The van der Waals surface area contributed by atoms with Gasteiger partial charge in [-0.3, -0.25) is 0 Å². The van der Waals surface area contributed by atoms with Crippen LogP contribution in [0.1, 0.15) is 0 Å². The number of alkyl halides is 4. The fourth-order valence-corrected chi connectivity index (χ4v) is 22.0. The first-order valence-corrected chi connectivity index (χ1v) is 15.8. The summed E-state index contributed by atoms with van der Waals surface area (Å²) in [5, 5.41) is 0. The van der Waals surface area contributed by atoms with Crippen LogP contribution in [0.15, 0.2) is 0 Å². The zero-order chi connectivity index (χ0) is 17.5. The number of hydrogen-bond acceptors (Lipinski definition) is 6. The lowest BCUT2D eigenvalue weighted by atomic mass is 10.9. The first-order valence-electron chi connectivity index (χ1n) is 6.64. The van der Waals surface area contributed by atoms with Crippen LogP contribution in [0.2, 0.25) is 0 Å². The summed E-state index contributed by atoms with van der Waals surface area (Å²) < 4.78 is 38.9. The van der Waals surface area contributed by atoms with E-state index in [1.165, 1.54) is 10.8 Å². The highest BCUT2D eigenvalue weighted by atomic mass is 35.5. The molecule has 0 aromatic heterocycles. The molecular weight excluding hydrogens is 468 g/mol. The molecule has 1 fully saturated rings. The normalized spacial score (nSPS) is 29.9. The van der Waals surface area contributed by atoms with Crippen LogP contribution >= 0.6 is 81.0 Å². The molecule has 1 rings (SSSR count). The topological polar surface area (TPSA) is 61.8 Å².